The lowest BCUT2D eigenvalue weighted by Gasteiger charge is -2.17. The van der Waals surface area contributed by atoms with E-state index in [9.17, 15) is 9.18 Å². The van der Waals surface area contributed by atoms with Gasteiger partial charge in [-0.3, -0.25) is 4.79 Å². The average molecular weight is 331 g/mol. The Balaban J connectivity index is 1.82. The second kappa shape index (κ2) is 8.16. The highest BCUT2D eigenvalue weighted by Gasteiger charge is 2.10. The van der Waals surface area contributed by atoms with Crippen LogP contribution >= 0.6 is 11.8 Å². The van der Waals surface area contributed by atoms with Gasteiger partial charge < -0.3 is 4.90 Å². The summed E-state index contributed by atoms with van der Waals surface area (Å²) in [5, 5.41) is 0. The van der Waals surface area contributed by atoms with Crippen molar-refractivity contribution in [3.05, 3.63) is 70.5 Å². The second-order valence-corrected chi connectivity index (χ2v) is 6.78. The van der Waals surface area contributed by atoms with Gasteiger partial charge in [-0.2, -0.15) is 0 Å². The topological polar surface area (TPSA) is 20.3 Å². The fourth-order valence-corrected chi connectivity index (χ4v) is 3.29. The van der Waals surface area contributed by atoms with Gasteiger partial charge in [0.2, 0.25) is 5.91 Å². The van der Waals surface area contributed by atoms with E-state index in [4.69, 9.17) is 0 Å². The Hall–Kier alpha value is -1.81. The summed E-state index contributed by atoms with van der Waals surface area (Å²) in [6.07, 6.45) is 0. The van der Waals surface area contributed by atoms with E-state index in [2.05, 4.69) is 32.0 Å². The molecule has 0 spiro atoms. The monoisotopic (exact) mass is 331 g/mol. The first-order valence-corrected chi connectivity index (χ1v) is 8.73. The molecule has 0 fully saturated rings. The molecule has 0 saturated heterocycles. The smallest absolute Gasteiger partial charge is 0.232 e. The molecule has 0 aromatic heterocycles. The van der Waals surface area contributed by atoms with E-state index in [1.54, 1.807) is 35.8 Å². The molecule has 23 heavy (non-hydrogen) atoms. The Morgan fingerprint density at radius 2 is 1.83 bits per heavy atom. The van der Waals surface area contributed by atoms with Crippen LogP contribution in [0.25, 0.3) is 0 Å². The summed E-state index contributed by atoms with van der Waals surface area (Å²) in [4.78, 5) is 13.9. The van der Waals surface area contributed by atoms with Gasteiger partial charge in [-0.05, 0) is 42.7 Å². The van der Waals surface area contributed by atoms with Crippen LogP contribution in [0.15, 0.2) is 42.5 Å². The Labute approximate surface area is 141 Å². The van der Waals surface area contributed by atoms with Crippen LogP contribution in [-0.2, 0) is 17.1 Å². The van der Waals surface area contributed by atoms with Crippen LogP contribution in [0.5, 0.6) is 0 Å². The molecule has 1 amide bonds. The van der Waals surface area contributed by atoms with Crippen LogP contribution in [-0.4, -0.2) is 23.6 Å². The van der Waals surface area contributed by atoms with Crippen molar-refractivity contribution in [1.29, 1.82) is 0 Å². The first kappa shape index (κ1) is 17.5. The third kappa shape index (κ3) is 5.39. The number of carbonyl (C=O) groups is 1. The SMILES string of the molecule is Cc1ccc(C)c(CSCC(=O)N(C)Cc2ccc(F)cc2)c1. The van der Waals surface area contributed by atoms with Gasteiger partial charge in [0.1, 0.15) is 5.82 Å². The van der Waals surface area contributed by atoms with Crippen LogP contribution in [0.3, 0.4) is 0 Å². The molecule has 4 heteroatoms. The fraction of sp³-hybridized carbons (Fsp3) is 0.316. The van der Waals surface area contributed by atoms with Crippen LogP contribution in [0.4, 0.5) is 4.39 Å². The summed E-state index contributed by atoms with van der Waals surface area (Å²) < 4.78 is 12.9. The van der Waals surface area contributed by atoms with E-state index < -0.39 is 0 Å². The number of benzene rings is 2. The number of halogens is 1. The van der Waals surface area contributed by atoms with Gasteiger partial charge in [-0.15, -0.1) is 11.8 Å². The number of hydrogen-bond donors (Lipinski definition) is 0. The maximum absolute atomic E-state index is 12.9. The van der Waals surface area contributed by atoms with Gasteiger partial charge in [-0.1, -0.05) is 35.9 Å². The van der Waals surface area contributed by atoms with E-state index in [1.165, 1.54) is 28.8 Å². The molecule has 0 aliphatic rings. The van der Waals surface area contributed by atoms with E-state index in [1.807, 2.05) is 0 Å². The van der Waals surface area contributed by atoms with Crippen molar-refractivity contribution in [2.24, 2.45) is 0 Å². The number of rotatable bonds is 6. The Kier molecular flexibility index (Phi) is 6.22. The van der Waals surface area contributed by atoms with E-state index in [0.29, 0.717) is 12.3 Å². The Morgan fingerprint density at radius 3 is 2.52 bits per heavy atom. The van der Waals surface area contributed by atoms with Crippen molar-refractivity contribution in [2.75, 3.05) is 12.8 Å². The molecule has 0 bridgehead atoms. The molecule has 0 saturated carbocycles. The Bertz CT molecular complexity index is 670. The summed E-state index contributed by atoms with van der Waals surface area (Å²) in [5.41, 5.74) is 4.71. The Morgan fingerprint density at radius 1 is 1.13 bits per heavy atom. The largest absolute Gasteiger partial charge is 0.341 e. The highest BCUT2D eigenvalue weighted by Crippen LogP contribution is 2.18. The van der Waals surface area contributed by atoms with Crippen LogP contribution in [0, 0.1) is 19.7 Å². The molecule has 0 unspecified atom stereocenters. The molecule has 0 aliphatic carbocycles. The van der Waals surface area contributed by atoms with Crippen molar-refractivity contribution in [2.45, 2.75) is 26.1 Å². The number of aryl methyl sites for hydroxylation is 2. The first-order chi connectivity index (χ1) is 11.0. The van der Waals surface area contributed by atoms with Crippen LogP contribution in [0.2, 0.25) is 0 Å². The standard InChI is InChI=1S/C19H22FNOS/c1-14-4-5-15(2)17(10-14)12-23-13-19(22)21(3)11-16-6-8-18(20)9-7-16/h4-10H,11-13H2,1-3H3. The average Bonchev–Trinajstić information content (AvgIpc) is 2.52. The quantitative estimate of drug-likeness (QED) is 0.785. The lowest BCUT2D eigenvalue weighted by Crippen LogP contribution is -2.27. The second-order valence-electron chi connectivity index (χ2n) is 5.80. The van der Waals surface area contributed by atoms with Crippen LogP contribution < -0.4 is 0 Å². The minimum absolute atomic E-state index is 0.0876. The molecule has 0 radical (unpaired) electrons. The summed E-state index contributed by atoms with van der Waals surface area (Å²) in [6.45, 7) is 4.68. The highest BCUT2D eigenvalue weighted by atomic mass is 32.2. The molecule has 122 valence electrons. The van der Waals surface area contributed by atoms with Crippen LogP contribution in [0.1, 0.15) is 22.3 Å². The third-order valence-electron chi connectivity index (χ3n) is 3.75. The maximum Gasteiger partial charge on any atom is 0.232 e. The zero-order valence-corrected chi connectivity index (χ0v) is 14.6. The van der Waals surface area contributed by atoms with Gasteiger partial charge in [0, 0.05) is 19.3 Å². The summed E-state index contributed by atoms with van der Waals surface area (Å²) in [7, 11) is 1.78. The highest BCUT2D eigenvalue weighted by molar-refractivity contribution is 7.99. The van der Waals surface area contributed by atoms with Gasteiger partial charge in [0.25, 0.3) is 0 Å². The van der Waals surface area contributed by atoms with Crippen molar-refractivity contribution >= 4 is 17.7 Å². The molecule has 2 rings (SSSR count). The minimum atomic E-state index is -0.258. The molecular weight excluding hydrogens is 309 g/mol. The zero-order chi connectivity index (χ0) is 16.8. The molecule has 0 heterocycles. The molecule has 0 N–H and O–H groups in total. The lowest BCUT2D eigenvalue weighted by atomic mass is 10.1. The van der Waals surface area contributed by atoms with Crippen molar-refractivity contribution in [3.63, 3.8) is 0 Å². The molecule has 2 nitrogen and oxygen atoms in total. The van der Waals surface area contributed by atoms with E-state index in [0.717, 1.165) is 11.3 Å². The molecule has 2 aromatic rings. The van der Waals surface area contributed by atoms with Crippen molar-refractivity contribution in [1.82, 2.24) is 4.90 Å². The lowest BCUT2D eigenvalue weighted by molar-refractivity contribution is -0.127. The fourth-order valence-electron chi connectivity index (χ4n) is 2.27. The number of carbonyl (C=O) groups excluding carboxylic acids is 1. The minimum Gasteiger partial charge on any atom is -0.341 e. The third-order valence-corrected chi connectivity index (χ3v) is 4.71. The maximum atomic E-state index is 12.9. The zero-order valence-electron chi connectivity index (χ0n) is 13.8. The predicted molar refractivity (Wildman–Crippen MR) is 95.0 cm³/mol. The molecule has 2 aromatic carbocycles. The molecule has 0 aliphatic heterocycles. The van der Waals surface area contributed by atoms with Gasteiger partial charge in [-0.25, -0.2) is 4.39 Å². The number of amides is 1. The molecular formula is C19H22FNOS. The van der Waals surface area contributed by atoms with Gasteiger partial charge >= 0.3 is 0 Å². The number of hydrogen-bond acceptors (Lipinski definition) is 2. The predicted octanol–water partition coefficient (Wildman–Crippen LogP) is 4.33. The van der Waals surface area contributed by atoms with Gasteiger partial charge in [0.05, 0.1) is 5.75 Å². The number of nitrogens with zero attached hydrogens (tertiary/aromatic N) is 1. The molecule has 0 atom stereocenters. The van der Waals surface area contributed by atoms with Crippen molar-refractivity contribution < 1.29 is 9.18 Å². The van der Waals surface area contributed by atoms with E-state index in [-0.39, 0.29) is 11.7 Å². The summed E-state index contributed by atoms with van der Waals surface area (Å²) in [5.74, 6) is 1.12. The normalized spacial score (nSPS) is 10.6. The number of thioether (sulfide) groups is 1. The van der Waals surface area contributed by atoms with Crippen molar-refractivity contribution in [3.8, 4) is 0 Å². The summed E-state index contributed by atoms with van der Waals surface area (Å²) >= 11 is 1.63. The first-order valence-electron chi connectivity index (χ1n) is 7.58. The van der Waals surface area contributed by atoms with E-state index >= 15 is 0 Å². The summed E-state index contributed by atoms with van der Waals surface area (Å²) in [6, 6.07) is 12.7. The van der Waals surface area contributed by atoms with Gasteiger partial charge in [0.15, 0.2) is 0 Å².